The first kappa shape index (κ1) is 17.5. The van der Waals surface area contributed by atoms with E-state index in [1.807, 2.05) is 0 Å². The number of sulfonamides is 1. The number of carbonyl (C=O) groups is 2. The minimum atomic E-state index is -3.88. The lowest BCUT2D eigenvalue weighted by atomic mass is 10.1. The Morgan fingerprint density at radius 3 is 2.80 bits per heavy atom. The van der Waals surface area contributed by atoms with E-state index in [1.54, 1.807) is 18.2 Å². The first-order chi connectivity index (χ1) is 12.0. The second-order valence-corrected chi connectivity index (χ2v) is 7.96. The molecular weight excluding hydrogens is 366 g/mol. The van der Waals surface area contributed by atoms with Crippen molar-refractivity contribution in [2.45, 2.75) is 17.4 Å². The molecule has 1 fully saturated rings. The predicted octanol–water partition coefficient (Wildman–Crippen LogP) is 0.0560. The van der Waals surface area contributed by atoms with Crippen molar-refractivity contribution in [1.82, 2.24) is 19.8 Å². The maximum absolute atomic E-state index is 12.8. The Kier molecular flexibility index (Phi) is 5.06. The Hall–Kier alpha value is -2.37. The number of amides is 2. The molecule has 1 saturated heterocycles. The average molecular weight is 381 g/mol. The topological polar surface area (TPSA) is 121 Å². The first-order valence-electron chi connectivity index (χ1n) is 7.39. The second kappa shape index (κ2) is 7.25. The fourth-order valence-electron chi connectivity index (χ4n) is 2.48. The van der Waals surface area contributed by atoms with E-state index in [-0.39, 0.29) is 24.4 Å². The van der Waals surface area contributed by atoms with E-state index in [1.165, 1.54) is 17.6 Å². The molecule has 1 aromatic heterocycles. The lowest BCUT2D eigenvalue weighted by molar-refractivity contribution is -0.130. The van der Waals surface area contributed by atoms with Gasteiger partial charge in [-0.2, -0.15) is 4.31 Å². The number of piperazine rings is 1. The van der Waals surface area contributed by atoms with Crippen LogP contribution in [-0.2, 0) is 19.6 Å². The van der Waals surface area contributed by atoms with Crippen LogP contribution in [0, 0.1) is 0 Å². The van der Waals surface area contributed by atoms with Gasteiger partial charge in [0.25, 0.3) is 0 Å². The fourth-order valence-corrected chi connectivity index (χ4v) is 4.55. The van der Waals surface area contributed by atoms with Crippen LogP contribution >= 0.6 is 11.3 Å². The summed E-state index contributed by atoms with van der Waals surface area (Å²) in [6.45, 7) is 0.291. The summed E-state index contributed by atoms with van der Waals surface area (Å²) in [6, 6.07) is 6.71. The van der Waals surface area contributed by atoms with E-state index in [4.69, 9.17) is 0 Å². The molecule has 9 nitrogen and oxygen atoms in total. The summed E-state index contributed by atoms with van der Waals surface area (Å²) in [5, 5.41) is 12.7. The highest BCUT2D eigenvalue weighted by Gasteiger charge is 2.39. The summed E-state index contributed by atoms with van der Waals surface area (Å²) in [5.74, 6) is -1.01. The van der Waals surface area contributed by atoms with E-state index < -0.39 is 27.9 Å². The molecule has 0 aliphatic carbocycles. The van der Waals surface area contributed by atoms with Crippen LogP contribution in [0.25, 0.3) is 0 Å². The van der Waals surface area contributed by atoms with E-state index in [0.29, 0.717) is 5.13 Å². The molecule has 0 spiro atoms. The number of benzene rings is 1. The number of rotatable bonds is 5. The summed E-state index contributed by atoms with van der Waals surface area (Å²) in [4.78, 5) is 24.4. The van der Waals surface area contributed by atoms with Gasteiger partial charge in [0, 0.05) is 13.1 Å². The Bertz CT molecular complexity index is 855. The van der Waals surface area contributed by atoms with Crippen LogP contribution in [0.5, 0.6) is 0 Å². The van der Waals surface area contributed by atoms with Gasteiger partial charge in [0.05, 0.1) is 11.3 Å². The van der Waals surface area contributed by atoms with Gasteiger partial charge in [-0.15, -0.1) is 10.2 Å². The lowest BCUT2D eigenvalue weighted by Crippen LogP contribution is -2.57. The van der Waals surface area contributed by atoms with Crippen molar-refractivity contribution in [1.29, 1.82) is 0 Å². The Morgan fingerprint density at radius 1 is 1.36 bits per heavy atom. The van der Waals surface area contributed by atoms with Crippen molar-refractivity contribution in [2.75, 3.05) is 18.4 Å². The zero-order chi connectivity index (χ0) is 17.9. The Morgan fingerprint density at radius 2 is 2.12 bits per heavy atom. The molecule has 2 amide bonds. The van der Waals surface area contributed by atoms with Crippen molar-refractivity contribution < 1.29 is 18.0 Å². The molecule has 132 valence electrons. The fraction of sp³-hybridized carbons (Fsp3) is 0.286. The van der Waals surface area contributed by atoms with Crippen LogP contribution in [0.4, 0.5) is 5.13 Å². The monoisotopic (exact) mass is 381 g/mol. The van der Waals surface area contributed by atoms with Crippen molar-refractivity contribution in [3.8, 4) is 0 Å². The maximum Gasteiger partial charge on any atom is 0.243 e. The summed E-state index contributed by atoms with van der Waals surface area (Å²) < 4.78 is 26.7. The minimum Gasteiger partial charge on any atom is -0.353 e. The molecule has 0 bridgehead atoms. The van der Waals surface area contributed by atoms with Gasteiger partial charge in [-0.05, 0) is 12.1 Å². The summed E-state index contributed by atoms with van der Waals surface area (Å²) >= 11 is 1.13. The van der Waals surface area contributed by atoms with Gasteiger partial charge in [-0.3, -0.25) is 9.59 Å². The molecule has 25 heavy (non-hydrogen) atoms. The molecule has 2 heterocycles. The maximum atomic E-state index is 12.8. The van der Waals surface area contributed by atoms with Crippen LogP contribution in [0.1, 0.15) is 6.42 Å². The summed E-state index contributed by atoms with van der Waals surface area (Å²) in [5.41, 5.74) is 1.45. The van der Waals surface area contributed by atoms with Gasteiger partial charge in [-0.1, -0.05) is 29.5 Å². The molecule has 1 aliphatic heterocycles. The molecule has 3 rings (SSSR count). The number of nitrogens with zero attached hydrogens (tertiary/aromatic N) is 3. The minimum absolute atomic E-state index is 0.0826. The molecular formula is C14H15N5O4S2. The number of anilines is 1. The standard InChI is InChI=1S/C14H15N5O4S2/c20-12(17-14-18-16-9-24-14)8-11-13(21)15-6-7-19(11)25(22,23)10-4-2-1-3-5-10/h1-5,9,11H,6-8H2,(H,15,21)(H,17,18,20). The van der Waals surface area contributed by atoms with Gasteiger partial charge in [-0.25, -0.2) is 8.42 Å². The molecule has 1 aromatic carbocycles. The van der Waals surface area contributed by atoms with Crippen molar-refractivity contribution in [2.24, 2.45) is 0 Å². The number of nitrogens with one attached hydrogen (secondary N) is 2. The highest BCUT2D eigenvalue weighted by Crippen LogP contribution is 2.22. The number of aromatic nitrogens is 2. The van der Waals surface area contributed by atoms with E-state index in [0.717, 1.165) is 15.6 Å². The molecule has 1 atom stereocenters. The molecule has 2 aromatic rings. The lowest BCUT2D eigenvalue weighted by Gasteiger charge is -2.33. The molecule has 1 aliphatic rings. The number of hydrogen-bond donors (Lipinski definition) is 2. The molecule has 11 heteroatoms. The van der Waals surface area contributed by atoms with Crippen LogP contribution in [-0.4, -0.2) is 53.9 Å². The van der Waals surface area contributed by atoms with E-state index >= 15 is 0 Å². The third kappa shape index (κ3) is 3.83. The van der Waals surface area contributed by atoms with E-state index in [2.05, 4.69) is 20.8 Å². The molecule has 2 N–H and O–H groups in total. The van der Waals surface area contributed by atoms with Crippen molar-refractivity contribution in [3.63, 3.8) is 0 Å². The molecule has 1 unspecified atom stereocenters. The van der Waals surface area contributed by atoms with Gasteiger partial charge < -0.3 is 10.6 Å². The predicted molar refractivity (Wildman–Crippen MR) is 90.3 cm³/mol. The smallest absolute Gasteiger partial charge is 0.243 e. The summed E-state index contributed by atoms with van der Waals surface area (Å²) in [7, 11) is -3.88. The van der Waals surface area contributed by atoms with Crippen LogP contribution < -0.4 is 10.6 Å². The quantitative estimate of drug-likeness (QED) is 0.755. The van der Waals surface area contributed by atoms with E-state index in [9.17, 15) is 18.0 Å². The van der Waals surface area contributed by atoms with Gasteiger partial charge >= 0.3 is 0 Å². The van der Waals surface area contributed by atoms with Gasteiger partial charge in [0.15, 0.2) is 0 Å². The largest absolute Gasteiger partial charge is 0.353 e. The SMILES string of the molecule is O=C(CC1C(=O)NCCN1S(=O)(=O)c1ccccc1)Nc1nncs1. The number of hydrogen-bond acceptors (Lipinski definition) is 7. The van der Waals surface area contributed by atoms with Crippen molar-refractivity contribution in [3.05, 3.63) is 35.8 Å². The first-order valence-corrected chi connectivity index (χ1v) is 9.71. The van der Waals surface area contributed by atoms with Crippen LogP contribution in [0.3, 0.4) is 0 Å². The van der Waals surface area contributed by atoms with Crippen LogP contribution in [0.15, 0.2) is 40.7 Å². The highest BCUT2D eigenvalue weighted by atomic mass is 32.2. The zero-order valence-corrected chi connectivity index (χ0v) is 14.6. The average Bonchev–Trinajstić information content (AvgIpc) is 3.10. The Labute approximate surface area is 148 Å². The number of carbonyl (C=O) groups excluding carboxylic acids is 2. The van der Waals surface area contributed by atoms with Crippen molar-refractivity contribution >= 4 is 38.3 Å². The third-order valence-corrected chi connectivity index (χ3v) is 6.15. The normalized spacial score (nSPS) is 18.6. The second-order valence-electron chi connectivity index (χ2n) is 5.23. The zero-order valence-electron chi connectivity index (χ0n) is 13.0. The molecule has 0 radical (unpaired) electrons. The molecule has 0 saturated carbocycles. The van der Waals surface area contributed by atoms with Gasteiger partial charge in [0.1, 0.15) is 11.6 Å². The third-order valence-electron chi connectivity index (χ3n) is 3.62. The Balaban J connectivity index is 1.81. The van der Waals surface area contributed by atoms with Crippen LogP contribution in [0.2, 0.25) is 0 Å². The summed E-state index contributed by atoms with van der Waals surface area (Å²) in [6.07, 6.45) is -0.308. The highest BCUT2D eigenvalue weighted by molar-refractivity contribution is 7.89. The van der Waals surface area contributed by atoms with Gasteiger partial charge in [0.2, 0.25) is 27.0 Å².